The molecule has 0 saturated carbocycles. The molecule has 0 fully saturated rings. The number of amides is 1. The van der Waals surface area contributed by atoms with Gasteiger partial charge in [-0.15, -0.1) is 0 Å². The topological polar surface area (TPSA) is 62.1 Å². The number of hydrogen-bond donors (Lipinski definition) is 1. The minimum Gasteiger partial charge on any atom is -0.481 e. The number of nitrogens with one attached hydrogen (secondary N) is 1. The summed E-state index contributed by atoms with van der Waals surface area (Å²) in [6.07, 6.45) is -5.55. The van der Waals surface area contributed by atoms with Crippen LogP contribution in [0.25, 0.3) is 0 Å². The molecule has 1 unspecified atom stereocenters. The molecule has 102 valence electrons. The molecule has 1 atom stereocenters. The molecule has 4 nitrogen and oxygen atoms in total. The summed E-state index contributed by atoms with van der Waals surface area (Å²) in [5, 5.41) is 10.4. The van der Waals surface area contributed by atoms with Crippen LogP contribution >= 0.6 is 0 Å². The van der Waals surface area contributed by atoms with E-state index in [-0.39, 0.29) is 5.75 Å². The summed E-state index contributed by atoms with van der Waals surface area (Å²) >= 11 is 0. The van der Waals surface area contributed by atoms with Crippen molar-refractivity contribution in [3.8, 4) is 11.8 Å². The monoisotopic (exact) mass is 272 g/mol. The molecule has 0 bridgehead atoms. The maximum Gasteiger partial charge on any atom is 0.405 e. The standard InChI is InChI=1S/C12H11F3N2O2/c1-8(11(18)17-7-12(13,14)15)19-10-4-2-3-9(5-10)6-16/h2-5,8H,7H2,1H3,(H,17,18). The zero-order valence-electron chi connectivity index (χ0n) is 9.99. The van der Waals surface area contributed by atoms with Gasteiger partial charge in [0.2, 0.25) is 0 Å². The second kappa shape index (κ2) is 6.09. The van der Waals surface area contributed by atoms with E-state index in [0.717, 1.165) is 0 Å². The quantitative estimate of drug-likeness (QED) is 0.911. The molecule has 1 aromatic carbocycles. The first kappa shape index (κ1) is 14.8. The maximum absolute atomic E-state index is 11.9. The number of nitriles is 1. The van der Waals surface area contributed by atoms with Crippen molar-refractivity contribution < 1.29 is 22.7 Å². The third-order valence-corrected chi connectivity index (χ3v) is 2.11. The maximum atomic E-state index is 11.9. The number of halogens is 3. The van der Waals surface area contributed by atoms with Gasteiger partial charge in [-0.25, -0.2) is 0 Å². The summed E-state index contributed by atoms with van der Waals surface area (Å²) in [6.45, 7) is -0.0808. The van der Waals surface area contributed by atoms with Gasteiger partial charge in [-0.3, -0.25) is 4.79 Å². The van der Waals surface area contributed by atoms with E-state index in [1.807, 2.05) is 6.07 Å². The van der Waals surface area contributed by atoms with Gasteiger partial charge in [-0.1, -0.05) is 6.07 Å². The number of hydrogen-bond acceptors (Lipinski definition) is 3. The van der Waals surface area contributed by atoms with Gasteiger partial charge in [0.25, 0.3) is 5.91 Å². The Morgan fingerprint density at radius 2 is 2.21 bits per heavy atom. The summed E-state index contributed by atoms with van der Waals surface area (Å²) in [5.41, 5.74) is 0.334. The van der Waals surface area contributed by atoms with Gasteiger partial charge in [0.1, 0.15) is 12.3 Å². The van der Waals surface area contributed by atoms with Gasteiger partial charge in [0.05, 0.1) is 11.6 Å². The first-order valence-corrected chi connectivity index (χ1v) is 5.33. The van der Waals surface area contributed by atoms with Crippen LogP contribution in [0.5, 0.6) is 5.75 Å². The molecular formula is C12H11F3N2O2. The average molecular weight is 272 g/mol. The molecule has 1 amide bonds. The van der Waals surface area contributed by atoms with Crippen molar-refractivity contribution in [2.24, 2.45) is 0 Å². The van der Waals surface area contributed by atoms with E-state index in [2.05, 4.69) is 0 Å². The first-order chi connectivity index (χ1) is 8.81. The Kier molecular flexibility index (Phi) is 4.75. The van der Waals surface area contributed by atoms with E-state index in [4.69, 9.17) is 10.00 Å². The highest BCUT2D eigenvalue weighted by atomic mass is 19.4. The lowest BCUT2D eigenvalue weighted by Gasteiger charge is -2.15. The number of rotatable bonds is 4. The Hall–Kier alpha value is -2.23. The summed E-state index contributed by atoms with van der Waals surface area (Å²) in [6, 6.07) is 7.88. The van der Waals surface area contributed by atoms with Gasteiger partial charge in [0.15, 0.2) is 6.10 Å². The van der Waals surface area contributed by atoms with Crippen LogP contribution in [0.15, 0.2) is 24.3 Å². The van der Waals surface area contributed by atoms with Crippen molar-refractivity contribution in [2.45, 2.75) is 19.2 Å². The van der Waals surface area contributed by atoms with Crippen LogP contribution in [0, 0.1) is 11.3 Å². The highest BCUT2D eigenvalue weighted by molar-refractivity contribution is 5.80. The van der Waals surface area contributed by atoms with Gasteiger partial charge in [-0.2, -0.15) is 18.4 Å². The molecule has 0 radical (unpaired) electrons. The molecule has 0 heterocycles. The molecule has 7 heteroatoms. The molecule has 1 aromatic rings. The lowest BCUT2D eigenvalue weighted by atomic mass is 10.2. The SMILES string of the molecule is CC(Oc1cccc(C#N)c1)C(=O)NCC(F)(F)F. The fourth-order valence-corrected chi connectivity index (χ4v) is 1.23. The van der Waals surface area contributed by atoms with Crippen molar-refractivity contribution in [3.05, 3.63) is 29.8 Å². The third kappa shape index (κ3) is 5.29. The van der Waals surface area contributed by atoms with Crippen molar-refractivity contribution in [1.82, 2.24) is 5.32 Å². The van der Waals surface area contributed by atoms with Crippen LogP contribution in [0.4, 0.5) is 13.2 Å². The second-order valence-electron chi connectivity index (χ2n) is 3.73. The Labute approximate surface area is 107 Å². The fourth-order valence-electron chi connectivity index (χ4n) is 1.23. The Morgan fingerprint density at radius 3 is 2.79 bits per heavy atom. The summed E-state index contributed by atoms with van der Waals surface area (Å²) < 4.78 is 40.9. The Morgan fingerprint density at radius 1 is 1.53 bits per heavy atom. The number of nitrogens with zero attached hydrogens (tertiary/aromatic N) is 1. The van der Waals surface area contributed by atoms with E-state index in [0.29, 0.717) is 5.56 Å². The van der Waals surface area contributed by atoms with E-state index in [9.17, 15) is 18.0 Å². The van der Waals surface area contributed by atoms with Gasteiger partial charge in [0, 0.05) is 0 Å². The van der Waals surface area contributed by atoms with E-state index < -0.39 is 24.7 Å². The highest BCUT2D eigenvalue weighted by Gasteiger charge is 2.29. The molecule has 0 saturated heterocycles. The molecule has 0 aliphatic heterocycles. The molecule has 0 aliphatic carbocycles. The lowest BCUT2D eigenvalue weighted by Crippen LogP contribution is -2.41. The summed E-state index contributed by atoms with van der Waals surface area (Å²) in [5.74, 6) is -0.631. The van der Waals surface area contributed by atoms with Crippen molar-refractivity contribution >= 4 is 5.91 Å². The average Bonchev–Trinajstić information content (AvgIpc) is 2.35. The van der Waals surface area contributed by atoms with Crippen LogP contribution < -0.4 is 10.1 Å². The predicted octanol–water partition coefficient (Wildman–Crippen LogP) is 2.00. The molecule has 0 spiro atoms. The fraction of sp³-hybridized carbons (Fsp3) is 0.333. The number of carbonyl (C=O) groups excluding carboxylic acids is 1. The van der Waals surface area contributed by atoms with E-state index in [1.54, 1.807) is 17.4 Å². The van der Waals surface area contributed by atoms with Crippen molar-refractivity contribution in [1.29, 1.82) is 5.26 Å². The molecule has 0 aromatic heterocycles. The zero-order chi connectivity index (χ0) is 14.5. The van der Waals surface area contributed by atoms with Gasteiger partial charge < -0.3 is 10.1 Å². The number of ether oxygens (including phenoxy) is 1. The Balaban J connectivity index is 2.56. The zero-order valence-corrected chi connectivity index (χ0v) is 9.99. The van der Waals surface area contributed by atoms with Crippen LogP contribution in [-0.4, -0.2) is 24.7 Å². The smallest absolute Gasteiger partial charge is 0.405 e. The van der Waals surface area contributed by atoms with Crippen LogP contribution in [-0.2, 0) is 4.79 Å². The van der Waals surface area contributed by atoms with Gasteiger partial charge >= 0.3 is 6.18 Å². The minimum atomic E-state index is -4.46. The summed E-state index contributed by atoms with van der Waals surface area (Å²) in [7, 11) is 0. The number of alkyl halides is 3. The third-order valence-electron chi connectivity index (χ3n) is 2.11. The van der Waals surface area contributed by atoms with Crippen molar-refractivity contribution in [2.75, 3.05) is 6.54 Å². The molecule has 19 heavy (non-hydrogen) atoms. The van der Waals surface area contributed by atoms with Crippen LogP contribution in [0.3, 0.4) is 0 Å². The number of carbonyl (C=O) groups is 1. The van der Waals surface area contributed by atoms with Crippen molar-refractivity contribution in [3.63, 3.8) is 0 Å². The number of benzene rings is 1. The van der Waals surface area contributed by atoms with E-state index >= 15 is 0 Å². The second-order valence-corrected chi connectivity index (χ2v) is 3.73. The normalized spacial score (nSPS) is 12.4. The molecule has 1 rings (SSSR count). The first-order valence-electron chi connectivity index (χ1n) is 5.33. The van der Waals surface area contributed by atoms with E-state index in [1.165, 1.54) is 19.1 Å². The summed E-state index contributed by atoms with van der Waals surface area (Å²) in [4.78, 5) is 11.3. The molecular weight excluding hydrogens is 261 g/mol. The van der Waals surface area contributed by atoms with Crippen LogP contribution in [0.1, 0.15) is 12.5 Å². The molecule has 0 aliphatic rings. The largest absolute Gasteiger partial charge is 0.481 e. The van der Waals surface area contributed by atoms with Gasteiger partial charge in [-0.05, 0) is 25.1 Å². The predicted molar refractivity (Wildman–Crippen MR) is 60.3 cm³/mol. The molecule has 1 N–H and O–H groups in total. The lowest BCUT2D eigenvalue weighted by molar-refractivity contribution is -0.142. The van der Waals surface area contributed by atoms with Crippen LogP contribution in [0.2, 0.25) is 0 Å². The Bertz CT molecular complexity index is 494. The highest BCUT2D eigenvalue weighted by Crippen LogP contribution is 2.15. The minimum absolute atomic E-state index is 0.244.